The van der Waals surface area contributed by atoms with Crippen LogP contribution in [0.2, 0.25) is 5.15 Å². The molecule has 8 heteroatoms. The van der Waals surface area contributed by atoms with Crippen molar-refractivity contribution in [3.8, 4) is 0 Å². The number of nitrogens with one attached hydrogen (secondary N) is 1. The van der Waals surface area contributed by atoms with Crippen LogP contribution in [-0.4, -0.2) is 31.8 Å². The molecule has 1 N–H and O–H groups in total. The summed E-state index contributed by atoms with van der Waals surface area (Å²) < 4.78 is 2.07. The number of rotatable bonds is 5. The van der Waals surface area contributed by atoms with E-state index in [1.165, 1.54) is 24.7 Å². The molecule has 0 radical (unpaired) electrons. The van der Waals surface area contributed by atoms with E-state index < -0.39 is 0 Å². The number of aromatic nitrogens is 4. The second-order valence-electron chi connectivity index (χ2n) is 8.03. The van der Waals surface area contributed by atoms with Gasteiger partial charge in [0.25, 0.3) is 0 Å². The fourth-order valence-corrected chi connectivity index (χ4v) is 4.33. The maximum absolute atomic E-state index is 12.7. The summed E-state index contributed by atoms with van der Waals surface area (Å²) in [7, 11) is 0. The molecule has 142 valence electrons. The fraction of sp³-hybridized carbons (Fsp3) is 0.400. The number of carbonyl (C=O) groups excluding carboxylic acids is 1. The normalized spacial score (nSPS) is 23.3. The first-order valence-electron chi connectivity index (χ1n) is 9.70. The highest BCUT2D eigenvalue weighted by Crippen LogP contribution is 2.49. The number of fused-ring (bicyclic) bond motifs is 2. The molecule has 6 rings (SSSR count). The van der Waals surface area contributed by atoms with Gasteiger partial charge in [0.15, 0.2) is 5.65 Å². The smallest absolute Gasteiger partial charge is 0.230 e. The molecule has 2 saturated carbocycles. The van der Waals surface area contributed by atoms with Gasteiger partial charge < -0.3 is 14.6 Å². The summed E-state index contributed by atoms with van der Waals surface area (Å²) in [5.74, 6) is 2.31. The third kappa shape index (κ3) is 2.73. The maximum Gasteiger partial charge on any atom is 0.230 e. The summed E-state index contributed by atoms with van der Waals surface area (Å²) in [6, 6.07) is 3.87. The van der Waals surface area contributed by atoms with Crippen molar-refractivity contribution in [3.05, 3.63) is 47.3 Å². The number of piperidine rings is 1. The molecule has 4 heterocycles. The molecule has 2 aliphatic carbocycles. The minimum atomic E-state index is 0.239. The Kier molecular flexibility index (Phi) is 3.44. The van der Waals surface area contributed by atoms with Crippen molar-refractivity contribution in [1.29, 1.82) is 0 Å². The molecule has 2 unspecified atom stereocenters. The molecule has 7 nitrogen and oxygen atoms in total. The van der Waals surface area contributed by atoms with Crippen LogP contribution in [0.4, 0.5) is 11.5 Å². The van der Waals surface area contributed by atoms with Gasteiger partial charge in [-0.2, -0.15) is 0 Å². The van der Waals surface area contributed by atoms with Crippen molar-refractivity contribution in [3.63, 3.8) is 0 Å². The molecule has 3 aliphatic rings. The second-order valence-corrected chi connectivity index (χ2v) is 8.41. The largest absolute Gasteiger partial charge is 0.364 e. The van der Waals surface area contributed by atoms with Crippen LogP contribution >= 0.6 is 11.6 Å². The lowest BCUT2D eigenvalue weighted by molar-refractivity contribution is -0.118. The van der Waals surface area contributed by atoms with Crippen LogP contribution in [0.3, 0.4) is 0 Å². The van der Waals surface area contributed by atoms with Gasteiger partial charge in [0.2, 0.25) is 5.91 Å². The van der Waals surface area contributed by atoms with Crippen molar-refractivity contribution >= 4 is 34.7 Å². The third-order valence-corrected chi connectivity index (χ3v) is 6.16. The van der Waals surface area contributed by atoms with Crippen LogP contribution in [0.15, 0.2) is 30.9 Å². The predicted octanol–water partition coefficient (Wildman–Crippen LogP) is 3.25. The maximum atomic E-state index is 12.7. The Morgan fingerprint density at radius 3 is 2.86 bits per heavy atom. The molecular formula is C20H19ClN6O. The molecule has 3 fully saturated rings. The quantitative estimate of drug-likeness (QED) is 0.672. The van der Waals surface area contributed by atoms with E-state index in [0.29, 0.717) is 29.4 Å². The average molecular weight is 395 g/mol. The zero-order valence-corrected chi connectivity index (χ0v) is 15.9. The average Bonchev–Trinajstić information content (AvgIpc) is 3.60. The SMILES string of the molecule is O=C1C2CC2CN1c1cc(C2CC2)cn2cc(CNc3cc(Cl)ncn3)nc12. The van der Waals surface area contributed by atoms with Crippen molar-refractivity contribution < 1.29 is 4.79 Å². The van der Waals surface area contributed by atoms with E-state index in [2.05, 4.69) is 31.9 Å². The lowest BCUT2D eigenvalue weighted by atomic mass is 10.1. The lowest BCUT2D eigenvalue weighted by Gasteiger charge is -2.20. The van der Waals surface area contributed by atoms with Crippen LogP contribution in [-0.2, 0) is 11.3 Å². The highest BCUT2D eigenvalue weighted by molar-refractivity contribution is 6.29. The van der Waals surface area contributed by atoms with E-state index in [0.717, 1.165) is 30.0 Å². The van der Waals surface area contributed by atoms with Gasteiger partial charge in [-0.1, -0.05) is 11.6 Å². The molecule has 28 heavy (non-hydrogen) atoms. The molecule has 3 aromatic rings. The van der Waals surface area contributed by atoms with Crippen molar-refractivity contribution in [1.82, 2.24) is 19.4 Å². The molecule has 2 atom stereocenters. The fourth-order valence-electron chi connectivity index (χ4n) is 4.18. The Hall–Kier alpha value is -2.67. The number of anilines is 2. The van der Waals surface area contributed by atoms with E-state index in [-0.39, 0.29) is 11.8 Å². The van der Waals surface area contributed by atoms with Gasteiger partial charge in [-0.25, -0.2) is 15.0 Å². The summed E-state index contributed by atoms with van der Waals surface area (Å²) in [6.07, 6.45) is 9.12. The van der Waals surface area contributed by atoms with E-state index in [9.17, 15) is 4.79 Å². The number of carbonyl (C=O) groups is 1. The summed E-state index contributed by atoms with van der Waals surface area (Å²) in [4.78, 5) is 27.5. The first kappa shape index (κ1) is 16.3. The van der Waals surface area contributed by atoms with Crippen LogP contribution in [0.5, 0.6) is 0 Å². The zero-order chi connectivity index (χ0) is 18.8. The van der Waals surface area contributed by atoms with Crippen LogP contribution < -0.4 is 10.2 Å². The summed E-state index contributed by atoms with van der Waals surface area (Å²) >= 11 is 5.92. The predicted molar refractivity (Wildman–Crippen MR) is 105 cm³/mol. The van der Waals surface area contributed by atoms with Gasteiger partial charge in [0.05, 0.1) is 17.9 Å². The number of amides is 1. The Labute approximate surface area is 166 Å². The van der Waals surface area contributed by atoms with Crippen molar-refractivity contribution in [2.24, 2.45) is 11.8 Å². The van der Waals surface area contributed by atoms with Crippen LogP contribution in [0.25, 0.3) is 5.65 Å². The van der Waals surface area contributed by atoms with Crippen molar-refractivity contribution in [2.75, 3.05) is 16.8 Å². The van der Waals surface area contributed by atoms with E-state index in [1.54, 1.807) is 6.07 Å². The standard InChI is InChI=1S/C20H19ClN6O/c21-17-5-18(24-10-23-17)22-6-14-9-26-7-12(11-1-2-11)4-16(19(26)25-14)27-8-13-3-15(13)20(27)28/h4-5,7,9-11,13,15H,1-3,6,8H2,(H,22,23,24). The summed E-state index contributed by atoms with van der Waals surface area (Å²) in [5.41, 5.74) is 3.99. The first-order valence-corrected chi connectivity index (χ1v) is 10.1. The van der Waals surface area contributed by atoms with Gasteiger partial charge in [-0.05, 0) is 42.7 Å². The summed E-state index contributed by atoms with van der Waals surface area (Å²) in [5, 5.41) is 3.63. The van der Waals surface area contributed by atoms with E-state index in [4.69, 9.17) is 16.6 Å². The molecule has 3 aromatic heterocycles. The Morgan fingerprint density at radius 1 is 1.21 bits per heavy atom. The summed E-state index contributed by atoms with van der Waals surface area (Å²) in [6.45, 7) is 1.35. The van der Waals surface area contributed by atoms with Gasteiger partial charge >= 0.3 is 0 Å². The van der Waals surface area contributed by atoms with Crippen LogP contribution in [0.1, 0.15) is 36.4 Å². The molecule has 1 saturated heterocycles. The van der Waals surface area contributed by atoms with Gasteiger partial charge in [-0.3, -0.25) is 4.79 Å². The number of hydrogen-bond acceptors (Lipinski definition) is 5. The molecule has 0 spiro atoms. The zero-order valence-electron chi connectivity index (χ0n) is 15.2. The monoisotopic (exact) mass is 394 g/mol. The number of halogens is 1. The van der Waals surface area contributed by atoms with E-state index >= 15 is 0 Å². The first-order chi connectivity index (χ1) is 13.7. The Balaban J connectivity index is 1.35. The molecule has 0 bridgehead atoms. The second kappa shape index (κ2) is 5.91. The Bertz CT molecular complexity index is 1110. The minimum absolute atomic E-state index is 0.239. The third-order valence-electron chi connectivity index (χ3n) is 5.95. The number of pyridine rings is 1. The molecule has 1 aliphatic heterocycles. The van der Waals surface area contributed by atoms with E-state index in [1.807, 2.05) is 11.1 Å². The molecular weight excluding hydrogens is 376 g/mol. The number of nitrogens with zero attached hydrogens (tertiary/aromatic N) is 5. The minimum Gasteiger partial charge on any atom is -0.364 e. The van der Waals surface area contributed by atoms with Gasteiger partial charge in [0, 0.05) is 30.9 Å². The van der Waals surface area contributed by atoms with Crippen LogP contribution in [0, 0.1) is 11.8 Å². The molecule has 1 amide bonds. The number of imidazole rings is 1. The Morgan fingerprint density at radius 2 is 2.11 bits per heavy atom. The number of hydrogen-bond donors (Lipinski definition) is 1. The highest BCUT2D eigenvalue weighted by Gasteiger charge is 2.53. The highest BCUT2D eigenvalue weighted by atomic mass is 35.5. The molecule has 0 aromatic carbocycles. The van der Waals surface area contributed by atoms with Gasteiger partial charge in [0.1, 0.15) is 17.3 Å². The topological polar surface area (TPSA) is 75.4 Å². The lowest BCUT2D eigenvalue weighted by Crippen LogP contribution is -2.28. The van der Waals surface area contributed by atoms with Crippen molar-refractivity contribution in [2.45, 2.75) is 31.7 Å². The van der Waals surface area contributed by atoms with Gasteiger partial charge in [-0.15, -0.1) is 0 Å².